The van der Waals surface area contributed by atoms with E-state index >= 15 is 0 Å². The van der Waals surface area contributed by atoms with E-state index in [2.05, 4.69) is 17.6 Å². The Morgan fingerprint density at radius 1 is 1.16 bits per heavy atom. The first-order valence-corrected chi connectivity index (χ1v) is 7.86. The first-order valence-electron chi connectivity index (χ1n) is 7.86. The van der Waals surface area contributed by atoms with Gasteiger partial charge in [-0.3, -0.25) is 0 Å². The summed E-state index contributed by atoms with van der Waals surface area (Å²) in [4.78, 5) is 11.8. The predicted octanol–water partition coefficient (Wildman–Crippen LogP) is 2.42. The molecule has 2 rings (SSSR count). The molecule has 0 radical (unpaired) electrons. The summed E-state index contributed by atoms with van der Waals surface area (Å²) in [5, 5.41) is 15.5. The van der Waals surface area contributed by atoms with Crippen LogP contribution in [0.5, 0.6) is 0 Å². The Morgan fingerprint density at radius 3 is 2.58 bits per heavy atom. The Balaban J connectivity index is 1.61. The second kappa shape index (κ2) is 7.13. The minimum atomic E-state index is -0.162. The van der Waals surface area contributed by atoms with E-state index in [4.69, 9.17) is 0 Å². The summed E-state index contributed by atoms with van der Waals surface area (Å²) < 4.78 is 0. The van der Waals surface area contributed by atoms with Gasteiger partial charge in [-0.05, 0) is 50.4 Å². The van der Waals surface area contributed by atoms with Crippen LogP contribution < -0.4 is 10.6 Å². The second-order valence-corrected chi connectivity index (χ2v) is 6.50. The van der Waals surface area contributed by atoms with Crippen LogP contribution in [0.4, 0.5) is 4.79 Å². The van der Waals surface area contributed by atoms with Crippen molar-refractivity contribution >= 4 is 6.03 Å². The minimum absolute atomic E-state index is 0.0281. The number of carbonyl (C=O) groups is 1. The Kier molecular flexibility index (Phi) is 5.49. The van der Waals surface area contributed by atoms with Crippen molar-refractivity contribution in [3.63, 3.8) is 0 Å². The number of nitrogens with one attached hydrogen (secondary N) is 2. The summed E-state index contributed by atoms with van der Waals surface area (Å²) in [6, 6.07) is 0.216. The highest BCUT2D eigenvalue weighted by Crippen LogP contribution is 2.27. The van der Waals surface area contributed by atoms with Gasteiger partial charge in [-0.1, -0.05) is 19.8 Å². The molecule has 2 aliphatic rings. The predicted molar refractivity (Wildman–Crippen MR) is 75.9 cm³/mol. The van der Waals surface area contributed by atoms with Crippen LogP contribution >= 0.6 is 0 Å². The minimum Gasteiger partial charge on any atom is -0.393 e. The Hall–Kier alpha value is -0.770. The molecule has 19 heavy (non-hydrogen) atoms. The zero-order chi connectivity index (χ0) is 13.7. The van der Waals surface area contributed by atoms with E-state index in [0.29, 0.717) is 5.92 Å². The Morgan fingerprint density at radius 2 is 1.89 bits per heavy atom. The number of carbonyl (C=O) groups excluding carboxylic acids is 1. The standard InChI is InChI=1S/C15H28N2O2/c1-11-3-2-4-12(9-11)10-16-15(19)17-13-5-7-14(18)8-6-13/h11-14,18H,2-10H2,1H3,(H2,16,17,19). The molecule has 2 aliphatic carbocycles. The van der Waals surface area contributed by atoms with E-state index in [-0.39, 0.29) is 18.2 Å². The molecule has 4 nitrogen and oxygen atoms in total. The number of aliphatic hydroxyl groups is 1. The molecule has 0 aromatic rings. The van der Waals surface area contributed by atoms with Crippen molar-refractivity contribution in [2.75, 3.05) is 6.54 Å². The summed E-state index contributed by atoms with van der Waals surface area (Å²) >= 11 is 0. The van der Waals surface area contributed by atoms with Gasteiger partial charge in [0.15, 0.2) is 0 Å². The van der Waals surface area contributed by atoms with Crippen LogP contribution in [-0.4, -0.2) is 29.8 Å². The highest BCUT2D eigenvalue weighted by Gasteiger charge is 2.22. The third kappa shape index (κ3) is 5.01. The summed E-state index contributed by atoms with van der Waals surface area (Å²) in [6.45, 7) is 3.12. The Bertz CT molecular complexity index is 288. The quantitative estimate of drug-likeness (QED) is 0.736. The average Bonchev–Trinajstić information content (AvgIpc) is 2.39. The van der Waals surface area contributed by atoms with Gasteiger partial charge < -0.3 is 15.7 Å². The van der Waals surface area contributed by atoms with Gasteiger partial charge in [-0.25, -0.2) is 4.79 Å². The molecule has 4 heteroatoms. The van der Waals surface area contributed by atoms with Gasteiger partial charge in [0.1, 0.15) is 0 Å². The summed E-state index contributed by atoms with van der Waals surface area (Å²) in [5.74, 6) is 1.46. The van der Waals surface area contributed by atoms with Crippen molar-refractivity contribution in [1.29, 1.82) is 0 Å². The van der Waals surface area contributed by atoms with Gasteiger partial charge in [-0.15, -0.1) is 0 Å². The Labute approximate surface area is 116 Å². The normalized spacial score (nSPS) is 35.7. The maximum atomic E-state index is 11.8. The number of urea groups is 1. The molecule has 0 bridgehead atoms. The molecule has 3 N–H and O–H groups in total. The fraction of sp³-hybridized carbons (Fsp3) is 0.933. The first-order chi connectivity index (χ1) is 9.13. The topological polar surface area (TPSA) is 61.4 Å². The largest absolute Gasteiger partial charge is 0.393 e. The van der Waals surface area contributed by atoms with E-state index in [1.807, 2.05) is 0 Å². The number of hydrogen-bond acceptors (Lipinski definition) is 2. The lowest BCUT2D eigenvalue weighted by Crippen LogP contribution is -2.45. The molecule has 0 aliphatic heterocycles. The maximum absolute atomic E-state index is 11.8. The average molecular weight is 268 g/mol. The van der Waals surface area contributed by atoms with Gasteiger partial charge in [-0.2, -0.15) is 0 Å². The number of hydrogen-bond donors (Lipinski definition) is 3. The fourth-order valence-corrected chi connectivity index (χ4v) is 3.44. The van der Waals surface area contributed by atoms with E-state index in [1.54, 1.807) is 0 Å². The van der Waals surface area contributed by atoms with Crippen LogP contribution in [0.3, 0.4) is 0 Å². The first kappa shape index (κ1) is 14.6. The van der Waals surface area contributed by atoms with Crippen molar-refractivity contribution in [1.82, 2.24) is 10.6 Å². The highest BCUT2D eigenvalue weighted by molar-refractivity contribution is 5.74. The molecular weight excluding hydrogens is 240 g/mol. The van der Waals surface area contributed by atoms with Crippen LogP contribution in [0.2, 0.25) is 0 Å². The van der Waals surface area contributed by atoms with E-state index in [0.717, 1.165) is 38.1 Å². The van der Waals surface area contributed by atoms with E-state index < -0.39 is 0 Å². The van der Waals surface area contributed by atoms with Crippen molar-refractivity contribution < 1.29 is 9.90 Å². The number of rotatable bonds is 3. The van der Waals surface area contributed by atoms with Gasteiger partial charge in [0.2, 0.25) is 0 Å². The molecule has 110 valence electrons. The smallest absolute Gasteiger partial charge is 0.315 e. The van der Waals surface area contributed by atoms with Crippen molar-refractivity contribution in [2.45, 2.75) is 70.4 Å². The van der Waals surface area contributed by atoms with E-state index in [1.165, 1.54) is 25.7 Å². The van der Waals surface area contributed by atoms with Crippen LogP contribution in [0.15, 0.2) is 0 Å². The number of amides is 2. The molecule has 2 atom stereocenters. The van der Waals surface area contributed by atoms with Crippen molar-refractivity contribution in [3.05, 3.63) is 0 Å². The fourth-order valence-electron chi connectivity index (χ4n) is 3.44. The lowest BCUT2D eigenvalue weighted by Gasteiger charge is -2.28. The number of aliphatic hydroxyl groups excluding tert-OH is 1. The molecule has 2 saturated carbocycles. The lowest BCUT2D eigenvalue weighted by atomic mass is 9.82. The SMILES string of the molecule is CC1CCCC(CNC(=O)NC2CCC(O)CC2)C1. The highest BCUT2D eigenvalue weighted by atomic mass is 16.3. The maximum Gasteiger partial charge on any atom is 0.315 e. The molecule has 0 saturated heterocycles. The molecular formula is C15H28N2O2. The molecule has 2 fully saturated rings. The summed E-state index contributed by atoms with van der Waals surface area (Å²) in [5.41, 5.74) is 0. The zero-order valence-corrected chi connectivity index (χ0v) is 12.0. The third-order valence-corrected chi connectivity index (χ3v) is 4.63. The summed E-state index contributed by atoms with van der Waals surface area (Å²) in [6.07, 6.45) is 8.39. The van der Waals surface area contributed by atoms with Crippen LogP contribution in [0.1, 0.15) is 58.3 Å². The van der Waals surface area contributed by atoms with Gasteiger partial charge in [0.05, 0.1) is 6.10 Å². The zero-order valence-electron chi connectivity index (χ0n) is 12.0. The molecule has 2 amide bonds. The van der Waals surface area contributed by atoms with Crippen LogP contribution in [-0.2, 0) is 0 Å². The van der Waals surface area contributed by atoms with Gasteiger partial charge in [0, 0.05) is 12.6 Å². The van der Waals surface area contributed by atoms with Gasteiger partial charge in [0.25, 0.3) is 0 Å². The van der Waals surface area contributed by atoms with E-state index in [9.17, 15) is 9.90 Å². The van der Waals surface area contributed by atoms with Gasteiger partial charge >= 0.3 is 6.03 Å². The van der Waals surface area contributed by atoms with Crippen LogP contribution in [0.25, 0.3) is 0 Å². The van der Waals surface area contributed by atoms with Crippen LogP contribution in [0, 0.1) is 11.8 Å². The molecule has 0 aromatic carbocycles. The third-order valence-electron chi connectivity index (χ3n) is 4.63. The monoisotopic (exact) mass is 268 g/mol. The van der Waals surface area contributed by atoms with Crippen molar-refractivity contribution in [3.8, 4) is 0 Å². The summed E-state index contributed by atoms with van der Waals surface area (Å²) in [7, 11) is 0. The molecule has 0 heterocycles. The lowest BCUT2D eigenvalue weighted by molar-refractivity contribution is 0.117. The molecule has 2 unspecified atom stereocenters. The molecule has 0 aromatic heterocycles. The second-order valence-electron chi connectivity index (χ2n) is 6.50. The molecule has 0 spiro atoms. The van der Waals surface area contributed by atoms with Crippen molar-refractivity contribution in [2.24, 2.45) is 11.8 Å².